The first-order chi connectivity index (χ1) is 14.6. The third kappa shape index (κ3) is 2.64. The van der Waals surface area contributed by atoms with Gasteiger partial charge in [-0.05, 0) is 25.0 Å². The van der Waals surface area contributed by atoms with Gasteiger partial charge in [0, 0.05) is 25.8 Å². The van der Waals surface area contributed by atoms with Crippen molar-refractivity contribution >= 4 is 45.4 Å². The third-order valence-electron chi connectivity index (χ3n) is 6.09. The van der Waals surface area contributed by atoms with Gasteiger partial charge in [0.1, 0.15) is 23.5 Å². The number of benzene rings is 1. The number of H-pyrrole nitrogens is 1. The Morgan fingerprint density at radius 2 is 1.93 bits per heavy atom. The normalized spacial score (nSPS) is 17.8. The summed E-state index contributed by atoms with van der Waals surface area (Å²) in [4.78, 5) is 38.3. The zero-order chi connectivity index (χ0) is 20.3. The molecule has 0 bridgehead atoms. The van der Waals surface area contributed by atoms with E-state index in [0.29, 0.717) is 30.4 Å². The molecule has 8 nitrogen and oxygen atoms in total. The average molecular weight is 420 g/mol. The van der Waals surface area contributed by atoms with Gasteiger partial charge in [-0.1, -0.05) is 23.7 Å². The van der Waals surface area contributed by atoms with Gasteiger partial charge in [-0.25, -0.2) is 15.0 Å². The lowest BCUT2D eigenvalue weighted by Crippen LogP contribution is -2.57. The fourth-order valence-electron chi connectivity index (χ4n) is 4.40. The molecule has 1 aromatic carbocycles. The van der Waals surface area contributed by atoms with E-state index in [9.17, 15) is 4.79 Å². The van der Waals surface area contributed by atoms with Gasteiger partial charge in [-0.2, -0.15) is 0 Å². The molecule has 2 aliphatic rings. The zero-order valence-electron chi connectivity index (χ0n) is 16.0. The van der Waals surface area contributed by atoms with Crippen LogP contribution in [0, 0.1) is 0 Å². The fourth-order valence-corrected chi connectivity index (χ4v) is 4.62. The van der Waals surface area contributed by atoms with E-state index in [4.69, 9.17) is 11.6 Å². The van der Waals surface area contributed by atoms with Crippen LogP contribution in [0.3, 0.4) is 0 Å². The Morgan fingerprint density at radius 3 is 2.77 bits per heavy atom. The lowest BCUT2D eigenvalue weighted by atomic mass is 10.1. The molecule has 0 unspecified atom stereocenters. The van der Waals surface area contributed by atoms with E-state index in [-0.39, 0.29) is 11.4 Å². The molecule has 150 valence electrons. The smallest absolute Gasteiger partial charge is 0.274 e. The average Bonchev–Trinajstić information content (AvgIpc) is 3.44. The highest BCUT2D eigenvalue weighted by molar-refractivity contribution is 6.36. The van der Waals surface area contributed by atoms with Gasteiger partial charge < -0.3 is 14.8 Å². The van der Waals surface area contributed by atoms with Crippen LogP contribution in [0.4, 0.5) is 5.82 Å². The third-order valence-corrected chi connectivity index (χ3v) is 6.39. The standard InChI is InChI=1S/C21H18ClN7O/c22-13-9-24-18-17(13)19(26-12-25-18)28-7-8-29(21(11-28)5-6-21)20(30)16-10-23-14-3-1-2-4-15(14)27-16/h1-4,9-10,12H,5-8,11H2,(H,24,25,26). The van der Waals surface area contributed by atoms with Crippen molar-refractivity contribution < 1.29 is 4.79 Å². The number of hydrogen-bond donors (Lipinski definition) is 1. The first-order valence-electron chi connectivity index (χ1n) is 9.91. The van der Waals surface area contributed by atoms with Crippen molar-refractivity contribution in [3.05, 3.63) is 53.7 Å². The molecule has 1 saturated heterocycles. The van der Waals surface area contributed by atoms with Crippen LogP contribution < -0.4 is 4.90 Å². The maximum Gasteiger partial charge on any atom is 0.274 e. The van der Waals surface area contributed by atoms with Crippen molar-refractivity contribution in [2.24, 2.45) is 0 Å². The van der Waals surface area contributed by atoms with Gasteiger partial charge in [0.15, 0.2) is 0 Å². The molecule has 1 amide bonds. The second-order valence-corrected chi connectivity index (χ2v) is 8.31. The SMILES string of the molecule is O=C(c1cnc2ccccc2n1)N1CCN(c2ncnc3[nH]cc(Cl)c23)CC12CC2. The first kappa shape index (κ1) is 17.6. The molecule has 4 aromatic rings. The van der Waals surface area contributed by atoms with Gasteiger partial charge in [0.05, 0.1) is 33.2 Å². The summed E-state index contributed by atoms with van der Waals surface area (Å²) in [5.74, 6) is 0.757. The highest BCUT2D eigenvalue weighted by Gasteiger charge is 2.54. The molecule has 9 heteroatoms. The zero-order valence-corrected chi connectivity index (χ0v) is 16.8. The van der Waals surface area contributed by atoms with Crippen molar-refractivity contribution in [1.82, 2.24) is 29.8 Å². The van der Waals surface area contributed by atoms with Crippen molar-refractivity contribution in [3.8, 4) is 0 Å². The van der Waals surface area contributed by atoms with Gasteiger partial charge in [-0.3, -0.25) is 9.78 Å². The number of halogens is 1. The number of anilines is 1. The number of para-hydroxylation sites is 2. The molecule has 1 saturated carbocycles. The molecular formula is C21H18ClN7O. The molecular weight excluding hydrogens is 402 g/mol. The topological polar surface area (TPSA) is 90.9 Å². The van der Waals surface area contributed by atoms with E-state index in [1.54, 1.807) is 18.7 Å². The number of rotatable bonds is 2. The molecule has 0 atom stereocenters. The van der Waals surface area contributed by atoms with E-state index < -0.39 is 0 Å². The molecule has 2 fully saturated rings. The Balaban J connectivity index is 1.30. The maximum absolute atomic E-state index is 13.3. The van der Waals surface area contributed by atoms with Crippen molar-refractivity contribution in [1.29, 1.82) is 0 Å². The molecule has 1 aliphatic heterocycles. The van der Waals surface area contributed by atoms with Gasteiger partial charge in [-0.15, -0.1) is 0 Å². The number of hydrogen-bond acceptors (Lipinski definition) is 6. The molecule has 30 heavy (non-hydrogen) atoms. The molecule has 1 N–H and O–H groups in total. The Bertz CT molecular complexity index is 1300. The molecule has 1 aliphatic carbocycles. The molecule has 6 rings (SSSR count). The predicted octanol–water partition coefficient (Wildman–Crippen LogP) is 3.05. The second kappa shape index (κ2) is 6.37. The number of carbonyl (C=O) groups excluding carboxylic acids is 1. The molecule has 3 aromatic heterocycles. The second-order valence-electron chi connectivity index (χ2n) is 7.90. The molecule has 1 spiro atoms. The van der Waals surface area contributed by atoms with E-state index in [2.05, 4.69) is 29.8 Å². The van der Waals surface area contributed by atoms with Crippen LogP contribution in [0.5, 0.6) is 0 Å². The summed E-state index contributed by atoms with van der Waals surface area (Å²) in [7, 11) is 0. The number of piperazine rings is 1. The van der Waals surface area contributed by atoms with E-state index in [1.807, 2.05) is 29.2 Å². The summed E-state index contributed by atoms with van der Waals surface area (Å²) in [5.41, 5.74) is 2.45. The summed E-state index contributed by atoms with van der Waals surface area (Å²) in [6, 6.07) is 7.59. The number of carbonyl (C=O) groups is 1. The van der Waals surface area contributed by atoms with E-state index in [1.165, 1.54) is 0 Å². The summed E-state index contributed by atoms with van der Waals surface area (Å²) < 4.78 is 0. The highest BCUT2D eigenvalue weighted by atomic mass is 35.5. The van der Waals surface area contributed by atoms with Crippen molar-refractivity contribution in [3.63, 3.8) is 0 Å². The van der Waals surface area contributed by atoms with Crippen LogP contribution in [0.25, 0.3) is 22.1 Å². The lowest BCUT2D eigenvalue weighted by molar-refractivity contribution is 0.0618. The fraction of sp³-hybridized carbons (Fsp3) is 0.286. The van der Waals surface area contributed by atoms with Crippen LogP contribution in [0.1, 0.15) is 23.3 Å². The number of nitrogens with zero attached hydrogens (tertiary/aromatic N) is 6. The van der Waals surface area contributed by atoms with Crippen LogP contribution in [-0.2, 0) is 0 Å². The number of amides is 1. The van der Waals surface area contributed by atoms with Crippen molar-refractivity contribution in [2.45, 2.75) is 18.4 Å². The summed E-state index contributed by atoms with van der Waals surface area (Å²) >= 11 is 6.37. The number of aromatic nitrogens is 5. The largest absolute Gasteiger partial charge is 0.352 e. The minimum Gasteiger partial charge on any atom is -0.352 e. The Hall–Kier alpha value is -3.26. The summed E-state index contributed by atoms with van der Waals surface area (Å²) in [6.45, 7) is 1.98. The van der Waals surface area contributed by atoms with E-state index >= 15 is 0 Å². The Labute approximate surface area is 176 Å². The minimum atomic E-state index is -0.192. The molecule has 4 heterocycles. The first-order valence-corrected chi connectivity index (χ1v) is 10.3. The Kier molecular flexibility index (Phi) is 3.73. The van der Waals surface area contributed by atoms with Gasteiger partial charge in [0.2, 0.25) is 0 Å². The number of fused-ring (bicyclic) bond motifs is 2. The highest BCUT2D eigenvalue weighted by Crippen LogP contribution is 2.46. The van der Waals surface area contributed by atoms with Gasteiger partial charge >= 0.3 is 0 Å². The quantitative estimate of drug-likeness (QED) is 0.537. The van der Waals surface area contributed by atoms with E-state index in [0.717, 1.165) is 40.7 Å². The van der Waals surface area contributed by atoms with Gasteiger partial charge in [0.25, 0.3) is 5.91 Å². The van der Waals surface area contributed by atoms with Crippen LogP contribution in [-0.4, -0.2) is 60.9 Å². The summed E-state index contributed by atoms with van der Waals surface area (Å²) in [5, 5.41) is 1.44. The minimum absolute atomic E-state index is 0.0575. The van der Waals surface area contributed by atoms with Crippen LogP contribution in [0.2, 0.25) is 5.02 Å². The van der Waals surface area contributed by atoms with Crippen LogP contribution in [0.15, 0.2) is 43.0 Å². The molecule has 0 radical (unpaired) electrons. The predicted molar refractivity (Wildman–Crippen MR) is 114 cm³/mol. The number of nitrogens with one attached hydrogen (secondary N) is 1. The Morgan fingerprint density at radius 1 is 1.10 bits per heavy atom. The maximum atomic E-state index is 13.3. The van der Waals surface area contributed by atoms with Crippen molar-refractivity contribution in [2.75, 3.05) is 24.5 Å². The van der Waals surface area contributed by atoms with Crippen LogP contribution >= 0.6 is 11.6 Å². The lowest BCUT2D eigenvalue weighted by Gasteiger charge is -2.42. The summed E-state index contributed by atoms with van der Waals surface area (Å²) in [6.07, 6.45) is 6.79. The monoisotopic (exact) mass is 419 g/mol. The number of aromatic amines is 1.